The van der Waals surface area contributed by atoms with Gasteiger partial charge in [-0.25, -0.2) is 0 Å². The van der Waals surface area contributed by atoms with E-state index >= 15 is 0 Å². The molecule has 0 atom stereocenters. The van der Waals surface area contributed by atoms with Crippen molar-refractivity contribution < 1.29 is 19.0 Å². The molecule has 2 heterocycles. The normalized spacial score (nSPS) is 20.7. The molecule has 0 aromatic heterocycles. The van der Waals surface area contributed by atoms with Gasteiger partial charge in [-0.05, 0) is 31.5 Å². The third kappa shape index (κ3) is 3.08. The van der Waals surface area contributed by atoms with Gasteiger partial charge in [0.25, 0.3) is 0 Å². The highest BCUT2D eigenvalue weighted by Gasteiger charge is 2.43. The number of ether oxygens (including phenoxy) is 3. The van der Waals surface area contributed by atoms with Gasteiger partial charge >= 0.3 is 0 Å². The number of carbonyl (C=O) groups excluding carboxylic acids is 1. The number of methoxy groups -OCH3 is 1. The molecule has 5 nitrogen and oxygen atoms in total. The Balaban J connectivity index is 1.68. The number of hydrogen-bond acceptors (Lipinski definition) is 4. The Labute approximate surface area is 137 Å². The van der Waals surface area contributed by atoms with E-state index < -0.39 is 11.2 Å². The van der Waals surface area contributed by atoms with Gasteiger partial charge in [0.1, 0.15) is 5.75 Å². The molecule has 5 heteroatoms. The van der Waals surface area contributed by atoms with Gasteiger partial charge in [-0.1, -0.05) is 12.1 Å². The first-order chi connectivity index (χ1) is 11.0. The van der Waals surface area contributed by atoms with E-state index in [1.807, 2.05) is 43.0 Å². The molecule has 0 aliphatic carbocycles. The predicted octanol–water partition coefficient (Wildman–Crippen LogP) is 2.34. The third-order valence-electron chi connectivity index (χ3n) is 4.97. The fourth-order valence-corrected chi connectivity index (χ4v) is 3.36. The minimum Gasteiger partial charge on any atom is -0.497 e. The van der Waals surface area contributed by atoms with Crippen molar-refractivity contribution in [2.24, 2.45) is 0 Å². The molecule has 1 aromatic carbocycles. The fraction of sp³-hybridized carbons (Fsp3) is 0.611. The van der Waals surface area contributed by atoms with Crippen molar-refractivity contribution in [1.82, 2.24) is 4.90 Å². The zero-order valence-electron chi connectivity index (χ0n) is 14.1. The third-order valence-corrected chi connectivity index (χ3v) is 4.97. The first-order valence-corrected chi connectivity index (χ1v) is 8.19. The number of piperidine rings is 1. The summed E-state index contributed by atoms with van der Waals surface area (Å²) in [6.45, 7) is 6.63. The highest BCUT2D eigenvalue weighted by molar-refractivity contribution is 5.87. The summed E-state index contributed by atoms with van der Waals surface area (Å²) in [5.41, 5.74) is 0.436. The molecule has 1 aromatic rings. The van der Waals surface area contributed by atoms with Gasteiger partial charge in [-0.2, -0.15) is 0 Å². The lowest BCUT2D eigenvalue weighted by atomic mass is 9.82. The molecule has 0 N–H and O–H groups in total. The van der Waals surface area contributed by atoms with Crippen molar-refractivity contribution in [3.05, 3.63) is 29.8 Å². The minimum absolute atomic E-state index is 0.149. The number of rotatable bonds is 3. The van der Waals surface area contributed by atoms with Gasteiger partial charge in [0.2, 0.25) is 5.91 Å². The van der Waals surface area contributed by atoms with E-state index in [1.54, 1.807) is 7.11 Å². The molecule has 2 fully saturated rings. The summed E-state index contributed by atoms with van der Waals surface area (Å²) >= 11 is 0. The van der Waals surface area contributed by atoms with Crippen LogP contribution < -0.4 is 4.74 Å². The van der Waals surface area contributed by atoms with Crippen LogP contribution in [0.25, 0.3) is 0 Å². The molecule has 2 aliphatic rings. The van der Waals surface area contributed by atoms with Gasteiger partial charge in [-0.15, -0.1) is 0 Å². The highest BCUT2D eigenvalue weighted by atomic mass is 16.7. The van der Waals surface area contributed by atoms with Crippen LogP contribution in [0.2, 0.25) is 0 Å². The molecule has 0 radical (unpaired) electrons. The van der Waals surface area contributed by atoms with Crippen LogP contribution in [0.4, 0.5) is 0 Å². The maximum absolute atomic E-state index is 13.0. The number of hydrogen-bond donors (Lipinski definition) is 0. The molecule has 1 spiro atoms. The summed E-state index contributed by atoms with van der Waals surface area (Å²) in [5, 5.41) is 0. The van der Waals surface area contributed by atoms with E-state index in [9.17, 15) is 4.79 Å². The van der Waals surface area contributed by atoms with Crippen molar-refractivity contribution in [3.63, 3.8) is 0 Å². The monoisotopic (exact) mass is 319 g/mol. The minimum atomic E-state index is -0.561. The van der Waals surface area contributed by atoms with Crippen molar-refractivity contribution in [2.45, 2.75) is 37.9 Å². The summed E-state index contributed by atoms with van der Waals surface area (Å²) in [7, 11) is 1.64. The van der Waals surface area contributed by atoms with Crippen LogP contribution in [-0.4, -0.2) is 50.0 Å². The van der Waals surface area contributed by atoms with Crippen molar-refractivity contribution in [1.29, 1.82) is 0 Å². The Morgan fingerprint density at radius 3 is 2.22 bits per heavy atom. The lowest BCUT2D eigenvalue weighted by Crippen LogP contribution is -2.51. The summed E-state index contributed by atoms with van der Waals surface area (Å²) in [4.78, 5) is 14.9. The Kier molecular flexibility index (Phi) is 4.34. The standard InChI is InChI=1S/C18H25NO4/c1-17(2,14-4-6-15(21-3)7-5-14)16(20)19-10-8-18(9-11-19)22-12-13-23-18/h4-7H,8-13H2,1-3H3. The van der Waals surface area contributed by atoms with Crippen LogP contribution in [0.15, 0.2) is 24.3 Å². The van der Waals surface area contributed by atoms with Gasteiger partial charge in [0.05, 0.1) is 25.7 Å². The Morgan fingerprint density at radius 1 is 1.13 bits per heavy atom. The van der Waals surface area contributed by atoms with Crippen LogP contribution in [0, 0.1) is 0 Å². The quantitative estimate of drug-likeness (QED) is 0.858. The molecule has 0 bridgehead atoms. The molecule has 0 unspecified atom stereocenters. The fourth-order valence-electron chi connectivity index (χ4n) is 3.36. The second kappa shape index (κ2) is 6.13. The second-order valence-electron chi connectivity index (χ2n) is 6.75. The molecule has 3 rings (SSSR count). The van der Waals surface area contributed by atoms with E-state index in [1.165, 1.54) is 0 Å². The van der Waals surface area contributed by atoms with Crippen LogP contribution in [0.3, 0.4) is 0 Å². The number of carbonyl (C=O) groups is 1. The van der Waals surface area contributed by atoms with Crippen LogP contribution in [-0.2, 0) is 19.7 Å². The summed E-state index contributed by atoms with van der Waals surface area (Å²) in [5.74, 6) is 0.504. The molecule has 0 saturated carbocycles. The van der Waals surface area contributed by atoms with Gasteiger partial charge in [0, 0.05) is 25.9 Å². The number of benzene rings is 1. The number of amides is 1. The summed E-state index contributed by atoms with van der Waals surface area (Å²) in [6, 6.07) is 7.72. The summed E-state index contributed by atoms with van der Waals surface area (Å²) < 4.78 is 16.7. The lowest BCUT2D eigenvalue weighted by molar-refractivity contribution is -0.188. The molecule has 2 saturated heterocycles. The van der Waals surface area contributed by atoms with E-state index in [-0.39, 0.29) is 5.91 Å². The first-order valence-electron chi connectivity index (χ1n) is 8.19. The molecule has 126 valence electrons. The van der Waals surface area contributed by atoms with E-state index in [0.29, 0.717) is 26.3 Å². The van der Waals surface area contributed by atoms with Crippen LogP contribution >= 0.6 is 0 Å². The average Bonchev–Trinajstić information content (AvgIpc) is 3.03. The lowest BCUT2D eigenvalue weighted by Gasteiger charge is -2.40. The molecule has 23 heavy (non-hydrogen) atoms. The number of nitrogens with zero attached hydrogens (tertiary/aromatic N) is 1. The molecular formula is C18H25NO4. The smallest absolute Gasteiger partial charge is 0.232 e. The number of likely N-dealkylation sites (tertiary alicyclic amines) is 1. The largest absolute Gasteiger partial charge is 0.497 e. The van der Waals surface area contributed by atoms with Crippen LogP contribution in [0.1, 0.15) is 32.3 Å². The van der Waals surface area contributed by atoms with Crippen LogP contribution in [0.5, 0.6) is 5.75 Å². The predicted molar refractivity (Wildman–Crippen MR) is 86.5 cm³/mol. The maximum atomic E-state index is 13.0. The maximum Gasteiger partial charge on any atom is 0.232 e. The van der Waals surface area contributed by atoms with E-state index in [4.69, 9.17) is 14.2 Å². The van der Waals surface area contributed by atoms with Gasteiger partial charge in [0.15, 0.2) is 5.79 Å². The molecule has 1 amide bonds. The highest BCUT2D eigenvalue weighted by Crippen LogP contribution is 2.34. The molecule has 2 aliphatic heterocycles. The van der Waals surface area contributed by atoms with Crippen molar-refractivity contribution in [3.8, 4) is 5.75 Å². The topological polar surface area (TPSA) is 48.0 Å². The van der Waals surface area contributed by atoms with Gasteiger partial charge < -0.3 is 19.1 Å². The summed E-state index contributed by atoms with van der Waals surface area (Å²) in [6.07, 6.45) is 1.49. The van der Waals surface area contributed by atoms with Crippen molar-refractivity contribution >= 4 is 5.91 Å². The van der Waals surface area contributed by atoms with Gasteiger partial charge in [-0.3, -0.25) is 4.79 Å². The second-order valence-corrected chi connectivity index (χ2v) is 6.75. The first kappa shape index (κ1) is 16.3. The van der Waals surface area contributed by atoms with E-state index in [2.05, 4.69) is 0 Å². The van der Waals surface area contributed by atoms with Crippen molar-refractivity contribution in [2.75, 3.05) is 33.4 Å². The zero-order valence-corrected chi connectivity index (χ0v) is 14.1. The van der Waals surface area contributed by atoms with E-state index in [0.717, 1.165) is 24.2 Å². The average molecular weight is 319 g/mol. The molecular weight excluding hydrogens is 294 g/mol. The SMILES string of the molecule is COc1ccc(C(C)(C)C(=O)N2CCC3(CC2)OCCO3)cc1. The zero-order chi connectivity index (χ0) is 16.5. The Hall–Kier alpha value is -1.59. The Bertz CT molecular complexity index is 551. The Morgan fingerprint density at radius 2 is 1.70 bits per heavy atom.